The van der Waals surface area contributed by atoms with Gasteiger partial charge in [-0.1, -0.05) is 18.3 Å². The van der Waals surface area contributed by atoms with Gasteiger partial charge in [0, 0.05) is 18.0 Å². The third-order valence-electron chi connectivity index (χ3n) is 3.51. The first-order valence-corrected chi connectivity index (χ1v) is 8.28. The average Bonchev–Trinajstić information content (AvgIpc) is 2.95. The summed E-state index contributed by atoms with van der Waals surface area (Å²) in [6.07, 6.45) is 3.85. The van der Waals surface area contributed by atoms with E-state index in [1.807, 2.05) is 12.3 Å². The summed E-state index contributed by atoms with van der Waals surface area (Å²) in [6, 6.07) is 1.92. The molecule has 1 aliphatic rings. The van der Waals surface area contributed by atoms with Crippen molar-refractivity contribution in [3.8, 4) is 11.8 Å². The van der Waals surface area contributed by atoms with E-state index in [9.17, 15) is 4.79 Å². The monoisotopic (exact) mass is 306 g/mol. The zero-order valence-electron chi connectivity index (χ0n) is 12.4. The molecule has 2 N–H and O–H groups in total. The fourth-order valence-electron chi connectivity index (χ4n) is 2.53. The zero-order chi connectivity index (χ0) is 15.1. The van der Waals surface area contributed by atoms with E-state index in [1.54, 1.807) is 6.07 Å². The second-order valence-corrected chi connectivity index (χ2v) is 6.31. The van der Waals surface area contributed by atoms with E-state index in [2.05, 4.69) is 22.1 Å². The van der Waals surface area contributed by atoms with Gasteiger partial charge in [-0.05, 0) is 38.9 Å². The lowest BCUT2D eigenvalue weighted by molar-refractivity contribution is 0.0926. The van der Waals surface area contributed by atoms with Crippen LogP contribution >= 0.6 is 11.3 Å². The van der Waals surface area contributed by atoms with Crippen molar-refractivity contribution in [3.63, 3.8) is 0 Å². The van der Waals surface area contributed by atoms with Crippen LogP contribution in [0, 0.1) is 11.8 Å². The van der Waals surface area contributed by atoms with Gasteiger partial charge < -0.3 is 15.3 Å². The van der Waals surface area contributed by atoms with Gasteiger partial charge in [0.15, 0.2) is 0 Å². The topological polar surface area (TPSA) is 52.6 Å². The molecule has 0 aromatic carbocycles. The van der Waals surface area contributed by atoms with E-state index >= 15 is 0 Å². The minimum absolute atomic E-state index is 0.0483. The van der Waals surface area contributed by atoms with Crippen LogP contribution in [0.25, 0.3) is 0 Å². The van der Waals surface area contributed by atoms with Crippen LogP contribution in [0.15, 0.2) is 11.4 Å². The number of nitrogens with one attached hydrogen (secondary N) is 1. The Hall–Kier alpha value is -1.35. The van der Waals surface area contributed by atoms with Crippen molar-refractivity contribution in [2.24, 2.45) is 0 Å². The maximum atomic E-state index is 12.2. The number of rotatable bonds is 4. The number of carbonyl (C=O) groups is 1. The molecule has 1 saturated heterocycles. The predicted molar refractivity (Wildman–Crippen MR) is 85.5 cm³/mol. The average molecular weight is 306 g/mol. The Bertz CT molecular complexity index is 524. The molecular formula is C16H22N2O2S. The number of thiophene rings is 1. The highest BCUT2D eigenvalue weighted by molar-refractivity contribution is 7.10. The fourth-order valence-corrected chi connectivity index (χ4v) is 3.28. The largest absolute Gasteiger partial charge is 0.384 e. The number of hydrogen-bond acceptors (Lipinski definition) is 4. The molecule has 1 aromatic rings. The SMILES string of the molecule is CC(CN1CCCCC1)NC(=O)c1csc(C#CCO)c1. The van der Waals surface area contributed by atoms with Crippen LogP contribution in [0.3, 0.4) is 0 Å². The van der Waals surface area contributed by atoms with E-state index in [0.29, 0.717) is 5.56 Å². The molecule has 21 heavy (non-hydrogen) atoms. The highest BCUT2D eigenvalue weighted by atomic mass is 32.1. The smallest absolute Gasteiger partial charge is 0.252 e. The van der Waals surface area contributed by atoms with Crippen molar-refractivity contribution in [1.29, 1.82) is 0 Å². The molecule has 2 heterocycles. The number of amides is 1. The maximum absolute atomic E-state index is 12.2. The quantitative estimate of drug-likeness (QED) is 0.833. The van der Waals surface area contributed by atoms with Crippen LogP contribution in [0.1, 0.15) is 41.4 Å². The Morgan fingerprint density at radius 1 is 1.48 bits per heavy atom. The van der Waals surface area contributed by atoms with E-state index in [1.165, 1.54) is 30.6 Å². The molecule has 1 atom stereocenters. The molecule has 0 aliphatic carbocycles. The van der Waals surface area contributed by atoms with Crippen LogP contribution < -0.4 is 5.32 Å². The molecule has 0 spiro atoms. The van der Waals surface area contributed by atoms with Crippen molar-refractivity contribution in [1.82, 2.24) is 10.2 Å². The summed E-state index contributed by atoms with van der Waals surface area (Å²) in [7, 11) is 0. The van der Waals surface area contributed by atoms with Crippen molar-refractivity contribution in [3.05, 3.63) is 21.9 Å². The summed E-state index contributed by atoms with van der Waals surface area (Å²) in [5.74, 6) is 5.36. The lowest BCUT2D eigenvalue weighted by Crippen LogP contribution is -2.43. The maximum Gasteiger partial charge on any atom is 0.252 e. The number of hydrogen-bond donors (Lipinski definition) is 2. The third-order valence-corrected chi connectivity index (χ3v) is 4.36. The van der Waals surface area contributed by atoms with Crippen LogP contribution in [-0.4, -0.2) is 48.2 Å². The number of likely N-dealkylation sites (tertiary alicyclic amines) is 1. The first-order valence-electron chi connectivity index (χ1n) is 7.40. The molecule has 4 nitrogen and oxygen atoms in total. The summed E-state index contributed by atoms with van der Waals surface area (Å²) in [5.41, 5.74) is 0.646. The second kappa shape index (κ2) is 8.18. The lowest BCUT2D eigenvalue weighted by atomic mass is 10.1. The number of aliphatic hydroxyl groups excluding tert-OH is 1. The molecule has 1 aliphatic heterocycles. The Kier molecular flexibility index (Phi) is 6.24. The van der Waals surface area contributed by atoms with E-state index in [0.717, 1.165) is 24.5 Å². The Balaban J connectivity index is 1.83. The van der Waals surface area contributed by atoms with Crippen molar-refractivity contribution < 1.29 is 9.90 Å². The summed E-state index contributed by atoms with van der Waals surface area (Å²) in [5, 5.41) is 13.5. The zero-order valence-corrected chi connectivity index (χ0v) is 13.2. The van der Waals surface area contributed by atoms with E-state index in [-0.39, 0.29) is 18.6 Å². The summed E-state index contributed by atoms with van der Waals surface area (Å²) in [4.78, 5) is 15.4. The van der Waals surface area contributed by atoms with E-state index in [4.69, 9.17) is 5.11 Å². The van der Waals surface area contributed by atoms with Crippen LogP contribution in [0.4, 0.5) is 0 Å². The first kappa shape index (κ1) is 16.0. The molecule has 5 heteroatoms. The highest BCUT2D eigenvalue weighted by Gasteiger charge is 2.16. The third kappa shape index (κ3) is 5.16. The summed E-state index contributed by atoms with van der Waals surface area (Å²) < 4.78 is 0. The standard InChI is InChI=1S/C16H22N2O2S/c1-13(11-18-7-3-2-4-8-18)17-16(20)14-10-15(21-12-14)6-5-9-19/h10,12-13,19H,2-4,7-9,11H2,1H3,(H,17,20). The van der Waals surface area contributed by atoms with Gasteiger partial charge in [0.2, 0.25) is 0 Å². The van der Waals surface area contributed by atoms with Crippen molar-refractivity contribution in [2.45, 2.75) is 32.2 Å². The van der Waals surface area contributed by atoms with Crippen molar-refractivity contribution >= 4 is 17.2 Å². The molecule has 1 fully saturated rings. The Morgan fingerprint density at radius 2 is 2.24 bits per heavy atom. The minimum atomic E-state index is -0.160. The number of aliphatic hydroxyl groups is 1. The van der Waals surface area contributed by atoms with Crippen LogP contribution in [-0.2, 0) is 0 Å². The van der Waals surface area contributed by atoms with Gasteiger partial charge >= 0.3 is 0 Å². The van der Waals surface area contributed by atoms with Gasteiger partial charge in [0.1, 0.15) is 6.61 Å². The van der Waals surface area contributed by atoms with Crippen LogP contribution in [0.2, 0.25) is 0 Å². The second-order valence-electron chi connectivity index (χ2n) is 5.40. The Labute approximate surface area is 130 Å². The molecule has 1 amide bonds. The van der Waals surface area contributed by atoms with Gasteiger partial charge in [-0.3, -0.25) is 4.79 Å². The molecule has 114 valence electrons. The fraction of sp³-hybridized carbons (Fsp3) is 0.562. The number of carbonyl (C=O) groups excluding carboxylic acids is 1. The first-order chi connectivity index (χ1) is 10.2. The number of nitrogens with zero attached hydrogens (tertiary/aromatic N) is 1. The Morgan fingerprint density at radius 3 is 2.95 bits per heavy atom. The van der Waals surface area contributed by atoms with Crippen LogP contribution in [0.5, 0.6) is 0 Å². The molecule has 0 bridgehead atoms. The van der Waals surface area contributed by atoms with Gasteiger partial charge in [0.25, 0.3) is 5.91 Å². The number of piperidine rings is 1. The summed E-state index contributed by atoms with van der Waals surface area (Å²) >= 11 is 1.42. The minimum Gasteiger partial charge on any atom is -0.384 e. The highest BCUT2D eigenvalue weighted by Crippen LogP contribution is 2.14. The molecule has 0 radical (unpaired) electrons. The molecule has 1 aromatic heterocycles. The van der Waals surface area contributed by atoms with Gasteiger partial charge in [-0.15, -0.1) is 11.3 Å². The van der Waals surface area contributed by atoms with Gasteiger partial charge in [-0.2, -0.15) is 0 Å². The van der Waals surface area contributed by atoms with Gasteiger partial charge in [0.05, 0.1) is 10.4 Å². The van der Waals surface area contributed by atoms with Crippen molar-refractivity contribution in [2.75, 3.05) is 26.2 Å². The molecule has 0 saturated carbocycles. The normalized spacial score (nSPS) is 16.9. The molecule has 1 unspecified atom stereocenters. The molecular weight excluding hydrogens is 284 g/mol. The predicted octanol–water partition coefficient (Wildman–Crippen LogP) is 1.70. The summed E-state index contributed by atoms with van der Waals surface area (Å²) in [6.45, 7) is 5.07. The van der Waals surface area contributed by atoms with E-state index < -0.39 is 0 Å². The lowest BCUT2D eigenvalue weighted by Gasteiger charge is -2.29. The molecule has 2 rings (SSSR count). The van der Waals surface area contributed by atoms with Gasteiger partial charge in [-0.25, -0.2) is 0 Å².